The Balaban J connectivity index is 2.87. The first-order chi connectivity index (χ1) is 11.6. The van der Waals surface area contributed by atoms with E-state index in [2.05, 4.69) is 58.7 Å². The second-order valence-corrected chi connectivity index (χ2v) is 8.70. The van der Waals surface area contributed by atoms with Crippen molar-refractivity contribution in [1.29, 1.82) is 0 Å². The summed E-state index contributed by atoms with van der Waals surface area (Å²) >= 11 is 0. The number of urea groups is 1. The van der Waals surface area contributed by atoms with E-state index in [1.807, 2.05) is 0 Å². The Bertz CT molecular complexity index is 460. The van der Waals surface area contributed by atoms with Crippen molar-refractivity contribution >= 4 is 11.9 Å². The topological polar surface area (TPSA) is 52.7 Å². The molecule has 25 heavy (non-hydrogen) atoms. The summed E-state index contributed by atoms with van der Waals surface area (Å²) in [5, 5.41) is 2.94. The highest BCUT2D eigenvalue weighted by Crippen LogP contribution is 2.35. The smallest absolute Gasteiger partial charge is 0.324 e. The van der Waals surface area contributed by atoms with Crippen LogP contribution in [0, 0.1) is 0 Å². The number of carbonyl (C=O) groups excluding carboxylic acids is 2. The van der Waals surface area contributed by atoms with E-state index in [4.69, 9.17) is 0 Å². The fourth-order valence-corrected chi connectivity index (χ4v) is 4.32. The van der Waals surface area contributed by atoms with Gasteiger partial charge in [0.15, 0.2) is 0 Å². The van der Waals surface area contributed by atoms with Gasteiger partial charge >= 0.3 is 6.03 Å². The number of imide groups is 1. The van der Waals surface area contributed by atoms with Crippen molar-refractivity contribution in [3.8, 4) is 0 Å². The third-order valence-corrected chi connectivity index (χ3v) is 5.32. The van der Waals surface area contributed by atoms with E-state index in [1.165, 1.54) is 17.7 Å². The second-order valence-electron chi connectivity index (χ2n) is 8.70. The lowest BCUT2D eigenvalue weighted by Gasteiger charge is -2.50. The van der Waals surface area contributed by atoms with Gasteiger partial charge in [-0.15, -0.1) is 0 Å². The second kappa shape index (κ2) is 9.02. The normalized spacial score (nSPS) is 21.7. The van der Waals surface area contributed by atoms with E-state index in [1.54, 1.807) is 0 Å². The molecule has 1 rings (SSSR count). The Morgan fingerprint density at radius 1 is 1.12 bits per heavy atom. The molecule has 1 aliphatic heterocycles. The van der Waals surface area contributed by atoms with E-state index in [0.29, 0.717) is 25.6 Å². The van der Waals surface area contributed by atoms with Crippen LogP contribution in [0.1, 0.15) is 87.0 Å². The quantitative estimate of drug-likeness (QED) is 0.699. The third-order valence-electron chi connectivity index (χ3n) is 5.32. The van der Waals surface area contributed by atoms with Crippen LogP contribution < -0.4 is 5.32 Å². The highest BCUT2D eigenvalue weighted by atomic mass is 16.2. The lowest BCUT2D eigenvalue weighted by atomic mass is 9.89. The number of nitrogens with one attached hydrogen (secondary N) is 1. The first-order valence-electron chi connectivity index (χ1n) is 9.94. The minimum Gasteiger partial charge on any atom is -0.338 e. The van der Waals surface area contributed by atoms with Gasteiger partial charge in [0, 0.05) is 36.6 Å². The minimum atomic E-state index is -0.272. The summed E-state index contributed by atoms with van der Waals surface area (Å²) in [5.74, 6) is -0.0741. The molecule has 1 N–H and O–H groups in total. The lowest BCUT2D eigenvalue weighted by Crippen LogP contribution is -2.60. The number of hydrogen-bond donors (Lipinski definition) is 1. The fraction of sp³-hybridized carbons (Fsp3) is 0.900. The van der Waals surface area contributed by atoms with Gasteiger partial charge in [-0.3, -0.25) is 14.6 Å². The van der Waals surface area contributed by atoms with Crippen molar-refractivity contribution in [1.82, 2.24) is 15.1 Å². The van der Waals surface area contributed by atoms with Crippen molar-refractivity contribution < 1.29 is 9.59 Å². The third kappa shape index (κ3) is 5.70. The molecule has 0 aliphatic carbocycles. The van der Waals surface area contributed by atoms with Gasteiger partial charge in [0.25, 0.3) is 0 Å². The number of hydrogen-bond acceptors (Lipinski definition) is 3. The molecule has 5 heteroatoms. The summed E-state index contributed by atoms with van der Waals surface area (Å²) in [6.45, 7) is 16.1. The predicted octanol–water partition coefficient (Wildman–Crippen LogP) is 4.17. The molecule has 0 radical (unpaired) electrons. The zero-order valence-electron chi connectivity index (χ0n) is 17.4. The largest absolute Gasteiger partial charge is 0.338 e. The molecule has 1 aliphatic rings. The average Bonchev–Trinajstić information content (AvgIpc) is 2.57. The molecule has 0 spiro atoms. The first-order valence-corrected chi connectivity index (χ1v) is 9.94. The van der Waals surface area contributed by atoms with Gasteiger partial charge < -0.3 is 5.32 Å². The molecule has 1 saturated heterocycles. The van der Waals surface area contributed by atoms with E-state index >= 15 is 0 Å². The number of unbranched alkanes of at least 4 members (excludes halogenated alkanes) is 3. The van der Waals surface area contributed by atoms with Crippen LogP contribution in [0.15, 0.2) is 0 Å². The molecule has 0 saturated carbocycles. The molecule has 0 aromatic rings. The number of nitrogens with zero attached hydrogens (tertiary/aromatic N) is 2. The lowest BCUT2D eigenvalue weighted by molar-refractivity contribution is -0.129. The van der Waals surface area contributed by atoms with Crippen molar-refractivity contribution in [2.24, 2.45) is 0 Å². The molecular formula is C20H39N3O2. The van der Waals surface area contributed by atoms with Crippen LogP contribution in [0.3, 0.4) is 0 Å². The maximum absolute atomic E-state index is 12.8. The molecular weight excluding hydrogens is 314 g/mol. The zero-order chi connectivity index (χ0) is 19.3. The highest BCUT2D eigenvalue weighted by Gasteiger charge is 2.47. The summed E-state index contributed by atoms with van der Waals surface area (Å²) in [6.07, 6.45) is 5.83. The van der Waals surface area contributed by atoms with Crippen molar-refractivity contribution in [3.63, 3.8) is 0 Å². The van der Waals surface area contributed by atoms with E-state index in [-0.39, 0.29) is 23.0 Å². The van der Waals surface area contributed by atoms with Gasteiger partial charge in [0.1, 0.15) is 0 Å². The average molecular weight is 354 g/mol. The molecule has 1 unspecified atom stereocenters. The molecule has 1 fully saturated rings. The predicted molar refractivity (Wildman–Crippen MR) is 104 cm³/mol. The van der Waals surface area contributed by atoms with Crippen LogP contribution in [0.25, 0.3) is 0 Å². The van der Waals surface area contributed by atoms with Crippen LogP contribution in [0.2, 0.25) is 0 Å². The Morgan fingerprint density at radius 2 is 1.76 bits per heavy atom. The van der Waals surface area contributed by atoms with Crippen LogP contribution in [-0.4, -0.2) is 51.9 Å². The standard InChI is InChI=1S/C20H39N3O2/c1-8-10-11-12-13-21-18(25)22-15-20(6,7)23(16(3)9-2)19(4,5)14-17(22)24/h16H,8-15H2,1-7H3,(H,21,25). The van der Waals surface area contributed by atoms with Crippen LogP contribution in [-0.2, 0) is 4.79 Å². The van der Waals surface area contributed by atoms with Gasteiger partial charge in [-0.05, 0) is 47.5 Å². The first kappa shape index (κ1) is 21.9. The summed E-state index contributed by atoms with van der Waals surface area (Å²) in [4.78, 5) is 29.3. The monoisotopic (exact) mass is 353 g/mol. The maximum atomic E-state index is 12.8. The Kier molecular flexibility index (Phi) is 7.91. The summed E-state index contributed by atoms with van der Waals surface area (Å²) in [5.41, 5.74) is -0.531. The molecule has 146 valence electrons. The van der Waals surface area contributed by atoms with Gasteiger partial charge in [0.05, 0.1) is 0 Å². The number of amides is 3. The summed E-state index contributed by atoms with van der Waals surface area (Å²) < 4.78 is 0. The summed E-state index contributed by atoms with van der Waals surface area (Å²) in [6, 6.07) is 0.117. The molecule has 1 heterocycles. The zero-order valence-corrected chi connectivity index (χ0v) is 17.4. The molecule has 1 atom stereocenters. The number of carbonyl (C=O) groups is 2. The SMILES string of the molecule is CCCCCCNC(=O)N1CC(C)(C)N(C(C)CC)C(C)(C)CC1=O. The number of rotatable bonds is 7. The van der Waals surface area contributed by atoms with Crippen LogP contribution >= 0.6 is 0 Å². The van der Waals surface area contributed by atoms with Crippen molar-refractivity contribution in [2.75, 3.05) is 13.1 Å². The van der Waals surface area contributed by atoms with E-state index in [9.17, 15) is 9.59 Å². The van der Waals surface area contributed by atoms with E-state index < -0.39 is 0 Å². The summed E-state index contributed by atoms with van der Waals surface area (Å²) in [7, 11) is 0. The minimum absolute atomic E-state index is 0.0741. The molecule has 0 aromatic carbocycles. The van der Waals surface area contributed by atoms with Crippen molar-refractivity contribution in [2.45, 2.75) is 104 Å². The highest BCUT2D eigenvalue weighted by molar-refractivity contribution is 5.95. The molecule has 0 aromatic heterocycles. The molecule has 3 amide bonds. The van der Waals surface area contributed by atoms with E-state index in [0.717, 1.165) is 19.3 Å². The maximum Gasteiger partial charge on any atom is 0.324 e. The fourth-order valence-electron chi connectivity index (χ4n) is 4.32. The Morgan fingerprint density at radius 3 is 2.32 bits per heavy atom. The van der Waals surface area contributed by atoms with Gasteiger partial charge in [0.2, 0.25) is 5.91 Å². The van der Waals surface area contributed by atoms with Gasteiger partial charge in [-0.25, -0.2) is 4.79 Å². The van der Waals surface area contributed by atoms with Gasteiger partial charge in [-0.2, -0.15) is 0 Å². The Labute approximate surface area is 154 Å². The Hall–Kier alpha value is -1.10. The molecule has 0 bridgehead atoms. The van der Waals surface area contributed by atoms with Gasteiger partial charge in [-0.1, -0.05) is 33.1 Å². The van der Waals surface area contributed by atoms with Crippen LogP contribution in [0.4, 0.5) is 4.79 Å². The van der Waals surface area contributed by atoms with Crippen LogP contribution in [0.5, 0.6) is 0 Å². The van der Waals surface area contributed by atoms with Crippen molar-refractivity contribution in [3.05, 3.63) is 0 Å². The molecule has 5 nitrogen and oxygen atoms in total.